The molecule has 2 heteroatoms. The van der Waals surface area contributed by atoms with Crippen molar-refractivity contribution in [1.82, 2.24) is 4.98 Å². The third-order valence-electron chi connectivity index (χ3n) is 11.1. The summed E-state index contributed by atoms with van der Waals surface area (Å²) >= 11 is 0. The van der Waals surface area contributed by atoms with Gasteiger partial charge in [-0.1, -0.05) is 165 Å². The van der Waals surface area contributed by atoms with Crippen LogP contribution in [0.5, 0.6) is 0 Å². The molecule has 0 fully saturated rings. The van der Waals surface area contributed by atoms with Crippen LogP contribution in [0.2, 0.25) is 0 Å². The predicted octanol–water partition coefficient (Wildman–Crippen LogP) is 14.1. The number of hydrogen-bond acceptors (Lipinski definition) is 2. The number of nitrogens with zero attached hydrogens (tertiary/aromatic N) is 2. The molecular formula is C53H42N2. The van der Waals surface area contributed by atoms with Crippen LogP contribution >= 0.6 is 0 Å². The number of allylic oxidation sites excluding steroid dienone is 14. The van der Waals surface area contributed by atoms with Gasteiger partial charge in [-0.3, -0.25) is 4.98 Å². The summed E-state index contributed by atoms with van der Waals surface area (Å²) in [5.41, 5.74) is 13.8. The lowest BCUT2D eigenvalue weighted by Gasteiger charge is -2.27. The molecule has 0 saturated carbocycles. The molecule has 6 aromatic rings. The standard InChI is InChI=1S/C53H42N2/c1-3-37-13-19-47(33-38(37)4-2)42-23-29-51(30-24-42)55(52-31-25-43(26-32-52)48-20-16-39-9-5-6-10-45(39)34-48)50-27-21-41(22-28-50)40-14-17-44(18-15-40)53-35-46-11-7-8-12-49(46)36-54-53/h3-18,20-36,39,45,47H,1-2,19H2/t39-,45?,47?/m0/s1. The number of benzene rings is 5. The highest BCUT2D eigenvalue weighted by Crippen LogP contribution is 2.39. The minimum Gasteiger partial charge on any atom is -0.311 e. The molecule has 5 aromatic carbocycles. The lowest BCUT2D eigenvalue weighted by Crippen LogP contribution is -2.12. The summed E-state index contributed by atoms with van der Waals surface area (Å²) in [5, 5.41) is 2.35. The maximum atomic E-state index is 4.73. The quantitative estimate of drug-likeness (QED) is 0.149. The summed E-state index contributed by atoms with van der Waals surface area (Å²) in [6.07, 6.45) is 27.2. The van der Waals surface area contributed by atoms with E-state index in [0.29, 0.717) is 17.8 Å². The van der Waals surface area contributed by atoms with Crippen molar-refractivity contribution in [2.75, 3.05) is 4.90 Å². The molecule has 0 aliphatic heterocycles. The Balaban J connectivity index is 1.01. The highest BCUT2D eigenvalue weighted by Gasteiger charge is 2.20. The molecule has 0 N–H and O–H groups in total. The molecule has 0 amide bonds. The fraction of sp³-hybridized carbons (Fsp3) is 0.0755. The average Bonchev–Trinajstić information content (AvgIpc) is 3.26. The third kappa shape index (κ3) is 6.91. The van der Waals surface area contributed by atoms with Crippen molar-refractivity contribution in [3.05, 3.63) is 236 Å². The number of anilines is 3. The minimum atomic E-state index is 0.298. The van der Waals surface area contributed by atoms with Gasteiger partial charge in [-0.25, -0.2) is 0 Å². The van der Waals surface area contributed by atoms with Crippen LogP contribution in [0.3, 0.4) is 0 Å². The van der Waals surface area contributed by atoms with Crippen molar-refractivity contribution in [2.24, 2.45) is 11.8 Å². The molecule has 264 valence electrons. The fourth-order valence-corrected chi connectivity index (χ4v) is 8.04. The second kappa shape index (κ2) is 14.9. The Hall–Kier alpha value is -6.77. The molecule has 0 saturated heterocycles. The summed E-state index contributed by atoms with van der Waals surface area (Å²) in [4.78, 5) is 7.08. The fourth-order valence-electron chi connectivity index (χ4n) is 8.04. The summed E-state index contributed by atoms with van der Waals surface area (Å²) in [5.74, 6) is 1.15. The molecule has 3 aliphatic carbocycles. The van der Waals surface area contributed by atoms with Gasteiger partial charge in [0.1, 0.15) is 0 Å². The van der Waals surface area contributed by atoms with Crippen LogP contribution in [0.4, 0.5) is 17.1 Å². The Bertz CT molecular complexity index is 2570. The lowest BCUT2D eigenvalue weighted by atomic mass is 9.81. The van der Waals surface area contributed by atoms with Gasteiger partial charge in [0.05, 0.1) is 5.69 Å². The Kier molecular flexibility index (Phi) is 9.24. The third-order valence-corrected chi connectivity index (χ3v) is 11.1. The van der Waals surface area contributed by atoms with Crippen LogP contribution in [-0.2, 0) is 0 Å². The van der Waals surface area contributed by atoms with Crippen molar-refractivity contribution < 1.29 is 0 Å². The van der Waals surface area contributed by atoms with Crippen LogP contribution in [0, 0.1) is 11.8 Å². The smallest absolute Gasteiger partial charge is 0.0708 e. The lowest BCUT2D eigenvalue weighted by molar-refractivity contribution is 0.663. The number of aromatic nitrogens is 1. The van der Waals surface area contributed by atoms with Gasteiger partial charge in [0, 0.05) is 52.0 Å². The summed E-state index contributed by atoms with van der Waals surface area (Å²) in [6.45, 7) is 8.03. The second-order valence-corrected chi connectivity index (χ2v) is 14.5. The highest BCUT2D eigenvalue weighted by molar-refractivity contribution is 5.86. The van der Waals surface area contributed by atoms with Crippen LogP contribution < -0.4 is 4.90 Å². The maximum absolute atomic E-state index is 4.73. The van der Waals surface area contributed by atoms with E-state index in [1.54, 1.807) is 0 Å². The highest BCUT2D eigenvalue weighted by atomic mass is 15.1. The molecule has 1 aromatic heterocycles. The molecule has 3 aliphatic rings. The van der Waals surface area contributed by atoms with Gasteiger partial charge in [0.25, 0.3) is 0 Å². The zero-order valence-corrected chi connectivity index (χ0v) is 30.8. The Labute approximate surface area is 324 Å². The van der Waals surface area contributed by atoms with Gasteiger partial charge in [0.15, 0.2) is 0 Å². The van der Waals surface area contributed by atoms with Crippen LogP contribution in [-0.4, -0.2) is 4.98 Å². The molecule has 0 bridgehead atoms. The van der Waals surface area contributed by atoms with E-state index >= 15 is 0 Å². The second-order valence-electron chi connectivity index (χ2n) is 14.5. The number of fused-ring (bicyclic) bond motifs is 2. The first-order chi connectivity index (χ1) is 27.1. The molecule has 0 spiro atoms. The number of rotatable bonds is 9. The van der Waals surface area contributed by atoms with E-state index in [4.69, 9.17) is 4.98 Å². The SMILES string of the molecule is C=CC1=CCC(c2ccc(N(c3ccc(C4=CC5C=CC=C[C@H]5C=C4)cc3)c3ccc(-c4ccc(-c5cc6ccccc6cn5)cc4)cc3)cc2)C=C1C=C. The van der Waals surface area contributed by atoms with E-state index in [2.05, 4.69) is 200 Å². The normalized spacial score (nSPS) is 18.5. The minimum absolute atomic E-state index is 0.298. The summed E-state index contributed by atoms with van der Waals surface area (Å²) in [6, 6.07) is 46.2. The molecule has 55 heavy (non-hydrogen) atoms. The monoisotopic (exact) mass is 706 g/mol. The largest absolute Gasteiger partial charge is 0.311 e. The van der Waals surface area contributed by atoms with E-state index in [1.807, 2.05) is 18.3 Å². The van der Waals surface area contributed by atoms with Crippen molar-refractivity contribution in [2.45, 2.75) is 12.3 Å². The molecule has 2 nitrogen and oxygen atoms in total. The molecular weight excluding hydrogens is 665 g/mol. The molecule has 2 unspecified atom stereocenters. The number of hydrogen-bond donors (Lipinski definition) is 0. The van der Waals surface area contributed by atoms with Crippen LogP contribution in [0.15, 0.2) is 225 Å². The van der Waals surface area contributed by atoms with Crippen molar-refractivity contribution in [3.63, 3.8) is 0 Å². The van der Waals surface area contributed by atoms with Crippen LogP contribution in [0.1, 0.15) is 23.5 Å². The van der Waals surface area contributed by atoms with E-state index in [1.165, 1.54) is 33.2 Å². The maximum Gasteiger partial charge on any atom is 0.0708 e. The topological polar surface area (TPSA) is 16.1 Å². The van der Waals surface area contributed by atoms with Gasteiger partial charge in [-0.2, -0.15) is 0 Å². The Morgan fingerprint density at radius 3 is 1.82 bits per heavy atom. The first-order valence-electron chi connectivity index (χ1n) is 19.1. The Morgan fingerprint density at radius 1 is 0.564 bits per heavy atom. The van der Waals surface area contributed by atoms with Gasteiger partial charge in [-0.05, 0) is 93.2 Å². The molecule has 9 rings (SSSR count). The first kappa shape index (κ1) is 34.0. The van der Waals surface area contributed by atoms with Crippen molar-refractivity contribution in [3.8, 4) is 22.4 Å². The van der Waals surface area contributed by atoms with Gasteiger partial charge in [-0.15, -0.1) is 0 Å². The Morgan fingerprint density at radius 2 is 1.15 bits per heavy atom. The van der Waals surface area contributed by atoms with E-state index < -0.39 is 0 Å². The summed E-state index contributed by atoms with van der Waals surface area (Å²) < 4.78 is 0. The van der Waals surface area contributed by atoms with E-state index in [9.17, 15) is 0 Å². The van der Waals surface area contributed by atoms with Crippen molar-refractivity contribution >= 4 is 33.4 Å². The summed E-state index contributed by atoms with van der Waals surface area (Å²) in [7, 11) is 0. The zero-order chi connectivity index (χ0) is 37.1. The van der Waals surface area contributed by atoms with Crippen molar-refractivity contribution in [1.29, 1.82) is 0 Å². The zero-order valence-electron chi connectivity index (χ0n) is 30.8. The average molecular weight is 707 g/mol. The first-order valence-corrected chi connectivity index (χ1v) is 19.1. The predicted molar refractivity (Wildman–Crippen MR) is 234 cm³/mol. The molecule has 1 heterocycles. The van der Waals surface area contributed by atoms with E-state index in [0.717, 1.165) is 51.3 Å². The molecule has 3 atom stereocenters. The molecule has 0 radical (unpaired) electrons. The van der Waals surface area contributed by atoms with Gasteiger partial charge in [0.2, 0.25) is 0 Å². The van der Waals surface area contributed by atoms with Gasteiger partial charge < -0.3 is 4.90 Å². The van der Waals surface area contributed by atoms with Crippen LogP contribution in [0.25, 0.3) is 38.7 Å². The van der Waals surface area contributed by atoms with Gasteiger partial charge >= 0.3 is 0 Å². The number of pyridine rings is 1. The van der Waals surface area contributed by atoms with E-state index in [-0.39, 0.29) is 0 Å².